The monoisotopic (exact) mass is 193 g/mol. The van der Waals surface area contributed by atoms with Gasteiger partial charge in [0.2, 0.25) is 0 Å². The molecular weight excluding hydrogens is 174 g/mol. The first-order valence-corrected chi connectivity index (χ1v) is 5.56. The van der Waals surface area contributed by atoms with Crippen LogP contribution in [0.1, 0.15) is 51.1 Å². The summed E-state index contributed by atoms with van der Waals surface area (Å²) in [6, 6.07) is 1.94. The van der Waals surface area contributed by atoms with Crippen molar-refractivity contribution in [3.8, 4) is 0 Å². The number of aryl methyl sites for hydroxylation is 1. The summed E-state index contributed by atoms with van der Waals surface area (Å²) in [5.74, 6) is 0. The standard InChI is InChI=1S/C11H19N3/c1-2-3-4-5-6-7-8-11-9-10-12-14-13-11/h9-10H,2-8H2,1H3. The summed E-state index contributed by atoms with van der Waals surface area (Å²) in [6.07, 6.45) is 10.7. The first-order valence-electron chi connectivity index (χ1n) is 5.56. The molecule has 0 saturated carbocycles. The zero-order chi connectivity index (χ0) is 10.1. The Morgan fingerprint density at radius 2 is 1.86 bits per heavy atom. The third kappa shape index (κ3) is 4.90. The second-order valence-corrected chi connectivity index (χ2v) is 3.63. The Morgan fingerprint density at radius 3 is 2.57 bits per heavy atom. The lowest BCUT2D eigenvalue weighted by molar-refractivity contribution is 0.601. The third-order valence-electron chi connectivity index (χ3n) is 2.34. The molecule has 3 nitrogen and oxygen atoms in total. The van der Waals surface area contributed by atoms with Crippen LogP contribution in [0.3, 0.4) is 0 Å². The normalized spacial score (nSPS) is 10.4. The molecule has 0 aliphatic carbocycles. The van der Waals surface area contributed by atoms with Gasteiger partial charge in [-0.3, -0.25) is 0 Å². The van der Waals surface area contributed by atoms with Crippen LogP contribution in [0, 0.1) is 0 Å². The first-order chi connectivity index (χ1) is 6.93. The van der Waals surface area contributed by atoms with Crippen molar-refractivity contribution in [3.63, 3.8) is 0 Å². The number of nitrogens with zero attached hydrogens (tertiary/aromatic N) is 3. The highest BCUT2D eigenvalue weighted by Gasteiger charge is 1.94. The molecule has 14 heavy (non-hydrogen) atoms. The minimum atomic E-state index is 1.04. The maximum atomic E-state index is 3.95. The Hall–Kier alpha value is -0.990. The molecule has 0 aliphatic rings. The van der Waals surface area contributed by atoms with E-state index < -0.39 is 0 Å². The zero-order valence-corrected chi connectivity index (χ0v) is 8.95. The smallest absolute Gasteiger partial charge is 0.0664 e. The molecule has 0 spiro atoms. The topological polar surface area (TPSA) is 38.7 Å². The Kier molecular flexibility index (Phi) is 5.87. The molecule has 1 heterocycles. The molecule has 3 heteroatoms. The quantitative estimate of drug-likeness (QED) is 0.625. The highest BCUT2D eigenvalue weighted by atomic mass is 15.3. The van der Waals surface area contributed by atoms with Crippen LogP contribution in [0.2, 0.25) is 0 Å². The molecule has 1 rings (SSSR count). The highest BCUT2D eigenvalue weighted by molar-refractivity contribution is 4.94. The Morgan fingerprint density at radius 1 is 1.07 bits per heavy atom. The molecular formula is C11H19N3. The van der Waals surface area contributed by atoms with Gasteiger partial charge in [0, 0.05) is 0 Å². The maximum absolute atomic E-state index is 3.95. The number of unbranched alkanes of at least 4 members (excludes halogenated alkanes) is 5. The molecule has 0 saturated heterocycles. The summed E-state index contributed by atoms with van der Waals surface area (Å²) in [5.41, 5.74) is 1.07. The summed E-state index contributed by atoms with van der Waals surface area (Å²) in [7, 11) is 0. The van der Waals surface area contributed by atoms with Crippen molar-refractivity contribution in [2.45, 2.75) is 51.9 Å². The van der Waals surface area contributed by atoms with Crippen LogP contribution < -0.4 is 0 Å². The van der Waals surface area contributed by atoms with E-state index in [-0.39, 0.29) is 0 Å². The predicted octanol–water partition coefficient (Wildman–Crippen LogP) is 2.77. The molecule has 0 aromatic carbocycles. The second kappa shape index (κ2) is 7.42. The summed E-state index contributed by atoms with van der Waals surface area (Å²) in [5, 5.41) is 11.2. The van der Waals surface area contributed by atoms with Gasteiger partial charge in [-0.15, -0.1) is 10.2 Å². The molecule has 0 atom stereocenters. The minimum absolute atomic E-state index is 1.04. The molecule has 0 fully saturated rings. The van der Waals surface area contributed by atoms with Gasteiger partial charge in [-0.1, -0.05) is 39.0 Å². The Bertz CT molecular complexity index is 223. The van der Waals surface area contributed by atoms with Gasteiger partial charge in [0.1, 0.15) is 0 Å². The van der Waals surface area contributed by atoms with Crippen LogP contribution >= 0.6 is 0 Å². The van der Waals surface area contributed by atoms with Gasteiger partial charge in [-0.2, -0.15) is 0 Å². The van der Waals surface area contributed by atoms with E-state index >= 15 is 0 Å². The van der Waals surface area contributed by atoms with Crippen molar-refractivity contribution >= 4 is 0 Å². The van der Waals surface area contributed by atoms with E-state index in [2.05, 4.69) is 22.3 Å². The average Bonchev–Trinajstić information content (AvgIpc) is 2.25. The predicted molar refractivity (Wildman–Crippen MR) is 56.9 cm³/mol. The molecule has 0 amide bonds. The van der Waals surface area contributed by atoms with Crippen LogP contribution in [0.15, 0.2) is 12.3 Å². The van der Waals surface area contributed by atoms with E-state index in [0.29, 0.717) is 0 Å². The first kappa shape index (κ1) is 11.1. The van der Waals surface area contributed by atoms with Crippen molar-refractivity contribution in [3.05, 3.63) is 18.0 Å². The van der Waals surface area contributed by atoms with E-state index in [1.807, 2.05) is 6.07 Å². The van der Waals surface area contributed by atoms with Gasteiger partial charge in [0.05, 0.1) is 11.9 Å². The molecule has 0 aliphatic heterocycles. The van der Waals surface area contributed by atoms with Gasteiger partial charge in [0.25, 0.3) is 0 Å². The molecule has 1 aromatic rings. The van der Waals surface area contributed by atoms with E-state index in [0.717, 1.165) is 12.1 Å². The van der Waals surface area contributed by atoms with Crippen LogP contribution in [0.5, 0.6) is 0 Å². The number of hydrogen-bond acceptors (Lipinski definition) is 3. The van der Waals surface area contributed by atoms with Crippen molar-refractivity contribution in [2.24, 2.45) is 0 Å². The van der Waals surface area contributed by atoms with Gasteiger partial charge in [-0.25, -0.2) is 0 Å². The van der Waals surface area contributed by atoms with Crippen LogP contribution in [-0.4, -0.2) is 15.4 Å². The number of aromatic nitrogens is 3. The SMILES string of the molecule is CCCCCCCCc1ccnnn1. The largest absolute Gasteiger partial charge is 0.139 e. The number of hydrogen-bond donors (Lipinski definition) is 0. The fraction of sp³-hybridized carbons (Fsp3) is 0.727. The lowest BCUT2D eigenvalue weighted by atomic mass is 10.1. The molecule has 1 aromatic heterocycles. The maximum Gasteiger partial charge on any atom is 0.0664 e. The molecule has 0 unspecified atom stereocenters. The highest BCUT2D eigenvalue weighted by Crippen LogP contribution is 2.07. The fourth-order valence-corrected chi connectivity index (χ4v) is 1.49. The third-order valence-corrected chi connectivity index (χ3v) is 2.34. The second-order valence-electron chi connectivity index (χ2n) is 3.63. The lowest BCUT2D eigenvalue weighted by Crippen LogP contribution is -1.94. The van der Waals surface area contributed by atoms with E-state index in [9.17, 15) is 0 Å². The van der Waals surface area contributed by atoms with Crippen molar-refractivity contribution < 1.29 is 0 Å². The van der Waals surface area contributed by atoms with Gasteiger partial charge in [-0.05, 0) is 24.1 Å². The van der Waals surface area contributed by atoms with E-state index in [1.54, 1.807) is 6.20 Å². The summed E-state index contributed by atoms with van der Waals surface area (Å²) < 4.78 is 0. The van der Waals surface area contributed by atoms with E-state index in [4.69, 9.17) is 0 Å². The molecule has 78 valence electrons. The summed E-state index contributed by atoms with van der Waals surface area (Å²) in [6.45, 7) is 2.24. The van der Waals surface area contributed by atoms with Crippen molar-refractivity contribution in [1.29, 1.82) is 0 Å². The minimum Gasteiger partial charge on any atom is -0.139 e. The average molecular weight is 193 g/mol. The van der Waals surface area contributed by atoms with Crippen LogP contribution in [0.4, 0.5) is 0 Å². The molecule has 0 N–H and O–H groups in total. The van der Waals surface area contributed by atoms with Crippen molar-refractivity contribution in [2.75, 3.05) is 0 Å². The van der Waals surface area contributed by atoms with Crippen molar-refractivity contribution in [1.82, 2.24) is 15.4 Å². The van der Waals surface area contributed by atoms with Crippen LogP contribution in [0.25, 0.3) is 0 Å². The lowest BCUT2D eigenvalue weighted by Gasteiger charge is -1.99. The fourth-order valence-electron chi connectivity index (χ4n) is 1.49. The molecule has 0 radical (unpaired) electrons. The zero-order valence-electron chi connectivity index (χ0n) is 8.95. The molecule has 0 bridgehead atoms. The Balaban J connectivity index is 1.99. The number of rotatable bonds is 7. The summed E-state index contributed by atoms with van der Waals surface area (Å²) >= 11 is 0. The summed E-state index contributed by atoms with van der Waals surface area (Å²) in [4.78, 5) is 0. The van der Waals surface area contributed by atoms with E-state index in [1.165, 1.54) is 38.5 Å². The van der Waals surface area contributed by atoms with Gasteiger partial charge < -0.3 is 0 Å². The van der Waals surface area contributed by atoms with Crippen LogP contribution in [-0.2, 0) is 6.42 Å². The van der Waals surface area contributed by atoms with Gasteiger partial charge in [0.15, 0.2) is 0 Å². The van der Waals surface area contributed by atoms with Gasteiger partial charge >= 0.3 is 0 Å². The Labute approximate surface area is 85.9 Å².